The number of nitrogen functional groups attached to an aromatic ring is 1. The lowest BCUT2D eigenvalue weighted by atomic mass is 10.2. The van der Waals surface area contributed by atoms with Crippen molar-refractivity contribution in [3.05, 3.63) is 17.8 Å². The highest BCUT2D eigenvalue weighted by Crippen LogP contribution is 2.21. The molecule has 19 heavy (non-hydrogen) atoms. The number of rotatable bonds is 3. The Bertz CT molecular complexity index is 466. The van der Waals surface area contributed by atoms with Crippen LogP contribution in [-0.4, -0.2) is 48.0 Å². The van der Waals surface area contributed by atoms with Crippen LogP contribution in [0.15, 0.2) is 12.3 Å². The molecule has 0 aliphatic carbocycles. The predicted molar refractivity (Wildman–Crippen MR) is 76.1 cm³/mol. The smallest absolute Gasteiger partial charge is 0.252 e. The van der Waals surface area contributed by atoms with Gasteiger partial charge in [0.15, 0.2) is 0 Å². The zero-order valence-corrected chi connectivity index (χ0v) is 11.5. The number of amides is 1. The van der Waals surface area contributed by atoms with Gasteiger partial charge in [0, 0.05) is 32.2 Å². The maximum absolute atomic E-state index is 11.5. The maximum atomic E-state index is 11.5. The van der Waals surface area contributed by atoms with Crippen LogP contribution >= 0.6 is 0 Å². The predicted octanol–water partition coefficient (Wildman–Crippen LogP) is 0.293. The van der Waals surface area contributed by atoms with Crippen molar-refractivity contribution in [2.45, 2.75) is 19.9 Å². The van der Waals surface area contributed by atoms with Crippen LogP contribution in [0.2, 0.25) is 0 Å². The van der Waals surface area contributed by atoms with Gasteiger partial charge in [-0.2, -0.15) is 0 Å². The minimum atomic E-state index is -0.485. The number of carbonyl (C=O) groups excluding carboxylic acids is 1. The van der Waals surface area contributed by atoms with E-state index in [2.05, 4.69) is 28.6 Å². The summed E-state index contributed by atoms with van der Waals surface area (Å²) in [6.45, 7) is 7.98. The van der Waals surface area contributed by atoms with E-state index >= 15 is 0 Å². The van der Waals surface area contributed by atoms with Crippen molar-refractivity contribution in [1.29, 1.82) is 0 Å². The van der Waals surface area contributed by atoms with E-state index in [9.17, 15) is 4.79 Å². The first-order valence-electron chi connectivity index (χ1n) is 6.53. The topological polar surface area (TPSA) is 88.5 Å². The van der Waals surface area contributed by atoms with Crippen LogP contribution in [0.5, 0.6) is 0 Å². The Morgan fingerprint density at radius 2 is 1.95 bits per heavy atom. The molecule has 1 aliphatic rings. The summed E-state index contributed by atoms with van der Waals surface area (Å²) in [7, 11) is 0. The highest BCUT2D eigenvalue weighted by molar-refractivity contribution is 5.98. The third-order valence-electron chi connectivity index (χ3n) is 3.50. The summed E-state index contributed by atoms with van der Waals surface area (Å²) in [6.07, 6.45) is 1.57. The Hall–Kier alpha value is -1.82. The molecule has 0 saturated carbocycles. The summed E-state index contributed by atoms with van der Waals surface area (Å²) in [5.41, 5.74) is 11.9. The summed E-state index contributed by atoms with van der Waals surface area (Å²) in [5.74, 6) is 0.159. The molecule has 1 aromatic heterocycles. The number of hydrogen-bond donors (Lipinski definition) is 2. The molecule has 0 aromatic carbocycles. The summed E-state index contributed by atoms with van der Waals surface area (Å²) in [6, 6.07) is 2.14. The fraction of sp³-hybridized carbons (Fsp3) is 0.538. The second-order valence-electron chi connectivity index (χ2n) is 5.12. The van der Waals surface area contributed by atoms with Crippen molar-refractivity contribution in [3.8, 4) is 0 Å². The normalized spacial score (nSPS) is 16.9. The molecule has 1 fully saturated rings. The van der Waals surface area contributed by atoms with Gasteiger partial charge >= 0.3 is 0 Å². The van der Waals surface area contributed by atoms with Crippen LogP contribution in [0.4, 0.5) is 11.5 Å². The van der Waals surface area contributed by atoms with Gasteiger partial charge in [-0.05, 0) is 19.9 Å². The fourth-order valence-electron chi connectivity index (χ4n) is 2.36. The summed E-state index contributed by atoms with van der Waals surface area (Å²) >= 11 is 0. The van der Waals surface area contributed by atoms with Gasteiger partial charge in [0.25, 0.3) is 5.91 Å². The van der Waals surface area contributed by atoms with Crippen LogP contribution in [0.3, 0.4) is 0 Å². The number of nitrogens with zero attached hydrogens (tertiary/aromatic N) is 3. The highest BCUT2D eigenvalue weighted by Gasteiger charge is 2.23. The lowest BCUT2D eigenvalue weighted by molar-refractivity contribution is 0.1000. The fourth-order valence-corrected chi connectivity index (χ4v) is 2.36. The van der Waals surface area contributed by atoms with Crippen LogP contribution in [0.1, 0.15) is 24.2 Å². The molecule has 0 unspecified atom stereocenters. The molecule has 1 aromatic rings. The summed E-state index contributed by atoms with van der Waals surface area (Å²) in [4.78, 5) is 20.2. The van der Waals surface area contributed by atoms with Crippen molar-refractivity contribution < 1.29 is 4.79 Å². The van der Waals surface area contributed by atoms with Crippen molar-refractivity contribution in [1.82, 2.24) is 9.88 Å². The van der Waals surface area contributed by atoms with Crippen LogP contribution in [0, 0.1) is 0 Å². The number of carbonyl (C=O) groups is 1. The molecule has 1 amide bonds. The molecular weight excluding hydrogens is 242 g/mol. The Balaban J connectivity index is 2.17. The Kier molecular flexibility index (Phi) is 3.90. The van der Waals surface area contributed by atoms with Crippen molar-refractivity contribution in [2.75, 3.05) is 36.8 Å². The van der Waals surface area contributed by atoms with E-state index in [0.717, 1.165) is 26.2 Å². The average Bonchev–Trinajstić information content (AvgIpc) is 2.38. The van der Waals surface area contributed by atoms with E-state index in [1.807, 2.05) is 0 Å². The van der Waals surface area contributed by atoms with Gasteiger partial charge in [0.1, 0.15) is 5.82 Å². The lowest BCUT2D eigenvalue weighted by Gasteiger charge is -2.37. The van der Waals surface area contributed by atoms with Crippen LogP contribution < -0.4 is 16.4 Å². The van der Waals surface area contributed by atoms with Gasteiger partial charge in [0.05, 0.1) is 17.4 Å². The number of primary amides is 1. The molecule has 4 N–H and O–H groups in total. The maximum Gasteiger partial charge on any atom is 0.252 e. The van der Waals surface area contributed by atoms with E-state index in [1.54, 1.807) is 12.3 Å². The zero-order chi connectivity index (χ0) is 14.0. The van der Waals surface area contributed by atoms with Gasteiger partial charge < -0.3 is 16.4 Å². The number of nitrogens with two attached hydrogens (primary N) is 2. The van der Waals surface area contributed by atoms with Gasteiger partial charge in [-0.1, -0.05) is 0 Å². The first kappa shape index (κ1) is 13.6. The molecule has 2 heterocycles. The second kappa shape index (κ2) is 5.44. The monoisotopic (exact) mass is 263 g/mol. The molecule has 104 valence electrons. The van der Waals surface area contributed by atoms with E-state index in [-0.39, 0.29) is 0 Å². The number of pyridine rings is 1. The van der Waals surface area contributed by atoms with E-state index in [0.29, 0.717) is 23.1 Å². The van der Waals surface area contributed by atoms with E-state index < -0.39 is 5.91 Å². The first-order valence-corrected chi connectivity index (χ1v) is 6.53. The van der Waals surface area contributed by atoms with E-state index in [4.69, 9.17) is 11.5 Å². The van der Waals surface area contributed by atoms with Crippen molar-refractivity contribution in [2.24, 2.45) is 5.73 Å². The third-order valence-corrected chi connectivity index (χ3v) is 3.50. The second-order valence-corrected chi connectivity index (χ2v) is 5.12. The molecular formula is C13H21N5O. The molecule has 6 nitrogen and oxygen atoms in total. The van der Waals surface area contributed by atoms with Crippen molar-refractivity contribution >= 4 is 17.4 Å². The average molecular weight is 263 g/mol. The molecule has 0 radical (unpaired) electrons. The molecule has 0 bridgehead atoms. The molecule has 1 aliphatic heterocycles. The minimum Gasteiger partial charge on any atom is -0.397 e. The molecule has 2 rings (SSSR count). The minimum absolute atomic E-state index is 0.401. The van der Waals surface area contributed by atoms with E-state index in [1.165, 1.54) is 0 Å². The number of hydrogen-bond acceptors (Lipinski definition) is 5. The quantitative estimate of drug-likeness (QED) is 0.818. The number of aromatic nitrogens is 1. The van der Waals surface area contributed by atoms with Gasteiger partial charge in [-0.15, -0.1) is 0 Å². The number of piperazine rings is 1. The molecule has 0 atom stereocenters. The Labute approximate surface area is 113 Å². The van der Waals surface area contributed by atoms with Gasteiger partial charge in [-0.3, -0.25) is 9.69 Å². The summed E-state index contributed by atoms with van der Waals surface area (Å²) in [5, 5.41) is 0. The molecule has 0 spiro atoms. The Morgan fingerprint density at radius 3 is 2.47 bits per heavy atom. The molecule has 1 saturated heterocycles. The lowest BCUT2D eigenvalue weighted by Crippen LogP contribution is -2.49. The standard InChI is InChI=1S/C13H21N5O/c1-9(2)17-3-5-18(6-4-17)13-11(12(15)19)7-10(14)8-16-13/h7-9H,3-6,14H2,1-2H3,(H2,15,19). The largest absolute Gasteiger partial charge is 0.397 e. The highest BCUT2D eigenvalue weighted by atomic mass is 16.1. The van der Waals surface area contributed by atoms with Crippen LogP contribution in [0.25, 0.3) is 0 Å². The van der Waals surface area contributed by atoms with Crippen molar-refractivity contribution in [3.63, 3.8) is 0 Å². The number of anilines is 2. The van der Waals surface area contributed by atoms with Gasteiger partial charge in [0.2, 0.25) is 0 Å². The molecule has 6 heteroatoms. The zero-order valence-electron chi connectivity index (χ0n) is 11.5. The van der Waals surface area contributed by atoms with Crippen LogP contribution in [-0.2, 0) is 0 Å². The first-order chi connectivity index (χ1) is 8.99. The SMILES string of the molecule is CC(C)N1CCN(c2ncc(N)cc2C(N)=O)CC1. The summed E-state index contributed by atoms with van der Waals surface area (Å²) < 4.78 is 0. The van der Waals surface area contributed by atoms with Gasteiger partial charge in [-0.25, -0.2) is 4.98 Å². The Morgan fingerprint density at radius 1 is 1.32 bits per heavy atom. The third kappa shape index (κ3) is 2.96.